The smallest absolute Gasteiger partial charge is 0.192 e. The fraction of sp³-hybridized carbons (Fsp3) is 0.286. The lowest BCUT2D eigenvalue weighted by Crippen LogP contribution is -2.29. The Bertz CT molecular complexity index is 1630. The first-order valence-electron chi connectivity index (χ1n) is 12.4. The molecule has 0 atom stereocenters. The third kappa shape index (κ3) is 4.68. The average molecular weight is 529 g/mol. The molecule has 1 aliphatic rings. The molecule has 0 saturated heterocycles. The number of methoxy groups -OCH3 is 2. The Morgan fingerprint density at radius 3 is 2.74 bits per heavy atom. The molecule has 194 valence electrons. The molecule has 0 N–H and O–H groups in total. The van der Waals surface area contributed by atoms with Gasteiger partial charge in [0, 0.05) is 30.1 Å². The van der Waals surface area contributed by atoms with Gasteiger partial charge in [0.15, 0.2) is 29.6 Å². The van der Waals surface area contributed by atoms with Crippen molar-refractivity contribution in [2.24, 2.45) is 5.16 Å². The monoisotopic (exact) mass is 528 g/mol. The molecule has 2 aromatic carbocycles. The highest BCUT2D eigenvalue weighted by molar-refractivity contribution is 7.19. The summed E-state index contributed by atoms with van der Waals surface area (Å²) >= 11 is 1.76. The summed E-state index contributed by atoms with van der Waals surface area (Å²) < 4.78 is 12.4. The van der Waals surface area contributed by atoms with Gasteiger partial charge in [0.2, 0.25) is 0 Å². The Labute approximate surface area is 224 Å². The van der Waals surface area contributed by atoms with Crippen LogP contribution in [0.15, 0.2) is 60.0 Å². The zero-order valence-electron chi connectivity index (χ0n) is 21.5. The van der Waals surface area contributed by atoms with E-state index < -0.39 is 0 Å². The van der Waals surface area contributed by atoms with Crippen molar-refractivity contribution < 1.29 is 14.3 Å². The molecule has 3 aromatic heterocycles. The standard InChI is InChI=1S/C28H28N6O3S/c1-18(20-9-10-22(35-2)23(13-20)36-3)32-37-16-25-30-27-26-21-11-12-33(14-19-7-5-4-6-8-19)15-24(21)38-28(26)29-17-34(27)31-25/h4-10,13,17H,11-12,14-16H2,1-3H3. The lowest BCUT2D eigenvalue weighted by molar-refractivity contribution is 0.125. The number of rotatable bonds is 8. The number of ether oxygens (including phenoxy) is 2. The van der Waals surface area contributed by atoms with Crippen LogP contribution in [0.4, 0.5) is 0 Å². The van der Waals surface area contributed by atoms with Crippen LogP contribution in [0, 0.1) is 0 Å². The van der Waals surface area contributed by atoms with Crippen LogP contribution in [-0.4, -0.2) is 51.0 Å². The van der Waals surface area contributed by atoms with Crippen LogP contribution in [0.2, 0.25) is 0 Å². The highest BCUT2D eigenvalue weighted by Crippen LogP contribution is 2.36. The third-order valence-electron chi connectivity index (χ3n) is 6.75. The Hall–Kier alpha value is -4.02. The first-order valence-corrected chi connectivity index (χ1v) is 13.2. The summed E-state index contributed by atoms with van der Waals surface area (Å²) in [6, 6.07) is 16.3. The van der Waals surface area contributed by atoms with Crippen LogP contribution in [-0.2, 0) is 31.0 Å². The molecule has 38 heavy (non-hydrogen) atoms. The van der Waals surface area contributed by atoms with E-state index in [1.807, 2.05) is 25.1 Å². The molecular formula is C28H28N6O3S. The molecular weight excluding hydrogens is 500 g/mol. The molecule has 0 bridgehead atoms. The summed E-state index contributed by atoms with van der Waals surface area (Å²) in [5.74, 6) is 1.86. The topological polar surface area (TPSA) is 86.4 Å². The molecule has 0 spiro atoms. The molecule has 9 nitrogen and oxygen atoms in total. The second kappa shape index (κ2) is 10.4. The predicted octanol–water partition coefficient (Wildman–Crippen LogP) is 4.86. The first-order chi connectivity index (χ1) is 18.6. The van der Waals surface area contributed by atoms with Crippen molar-refractivity contribution in [3.63, 3.8) is 0 Å². The van der Waals surface area contributed by atoms with E-state index in [-0.39, 0.29) is 6.61 Å². The summed E-state index contributed by atoms with van der Waals surface area (Å²) in [6.07, 6.45) is 2.70. The number of aromatic nitrogens is 4. The molecule has 0 amide bonds. The van der Waals surface area contributed by atoms with Gasteiger partial charge in [0.1, 0.15) is 11.2 Å². The predicted molar refractivity (Wildman–Crippen MR) is 147 cm³/mol. The summed E-state index contributed by atoms with van der Waals surface area (Å²) in [7, 11) is 3.22. The Morgan fingerprint density at radius 1 is 1.08 bits per heavy atom. The normalized spacial score (nSPS) is 14.1. The van der Waals surface area contributed by atoms with Gasteiger partial charge in [-0.15, -0.1) is 16.4 Å². The van der Waals surface area contributed by atoms with Gasteiger partial charge < -0.3 is 14.3 Å². The second-order valence-corrected chi connectivity index (χ2v) is 10.3. The van der Waals surface area contributed by atoms with Crippen molar-refractivity contribution in [3.05, 3.63) is 82.3 Å². The minimum absolute atomic E-state index is 0.158. The lowest BCUT2D eigenvalue weighted by Gasteiger charge is -2.26. The van der Waals surface area contributed by atoms with Crippen molar-refractivity contribution in [2.45, 2.75) is 33.0 Å². The molecule has 4 heterocycles. The highest BCUT2D eigenvalue weighted by atomic mass is 32.1. The number of hydrogen-bond donors (Lipinski definition) is 0. The number of oxime groups is 1. The van der Waals surface area contributed by atoms with Crippen LogP contribution >= 0.6 is 11.3 Å². The molecule has 0 fully saturated rings. The molecule has 0 aliphatic carbocycles. The van der Waals surface area contributed by atoms with Gasteiger partial charge in [-0.3, -0.25) is 4.90 Å². The number of fused-ring (bicyclic) bond motifs is 5. The van der Waals surface area contributed by atoms with E-state index in [1.165, 1.54) is 16.0 Å². The van der Waals surface area contributed by atoms with E-state index in [4.69, 9.17) is 19.3 Å². The van der Waals surface area contributed by atoms with Crippen molar-refractivity contribution in [1.29, 1.82) is 0 Å². The van der Waals surface area contributed by atoms with Gasteiger partial charge in [0.05, 0.1) is 25.3 Å². The lowest BCUT2D eigenvalue weighted by atomic mass is 10.0. The van der Waals surface area contributed by atoms with E-state index in [0.717, 1.165) is 47.5 Å². The second-order valence-electron chi connectivity index (χ2n) is 9.19. The van der Waals surface area contributed by atoms with Gasteiger partial charge >= 0.3 is 0 Å². The molecule has 1 aliphatic heterocycles. The maximum Gasteiger partial charge on any atom is 0.192 e. The zero-order chi connectivity index (χ0) is 26.1. The Kier molecular flexibility index (Phi) is 6.65. The van der Waals surface area contributed by atoms with Gasteiger partial charge in [-0.05, 0) is 42.7 Å². The quantitative estimate of drug-likeness (QED) is 0.210. The van der Waals surface area contributed by atoms with Crippen LogP contribution in [0.1, 0.15) is 34.3 Å². The summed E-state index contributed by atoms with van der Waals surface area (Å²) in [5.41, 5.74) is 5.09. The van der Waals surface area contributed by atoms with E-state index >= 15 is 0 Å². The largest absolute Gasteiger partial charge is 0.493 e. The third-order valence-corrected chi connectivity index (χ3v) is 7.87. The Balaban J connectivity index is 1.19. The van der Waals surface area contributed by atoms with Gasteiger partial charge in [0.25, 0.3) is 0 Å². The highest BCUT2D eigenvalue weighted by Gasteiger charge is 2.24. The van der Waals surface area contributed by atoms with Gasteiger partial charge in [-0.25, -0.2) is 14.5 Å². The summed E-state index contributed by atoms with van der Waals surface area (Å²) in [5, 5.41) is 9.96. The number of benzene rings is 2. The van der Waals surface area contributed by atoms with Crippen molar-refractivity contribution in [1.82, 2.24) is 24.5 Å². The minimum atomic E-state index is 0.158. The van der Waals surface area contributed by atoms with Crippen LogP contribution in [0.5, 0.6) is 11.5 Å². The maximum atomic E-state index is 5.63. The number of thiophene rings is 1. The van der Waals surface area contributed by atoms with Crippen molar-refractivity contribution in [3.8, 4) is 11.5 Å². The fourth-order valence-corrected chi connectivity index (χ4v) is 6.05. The zero-order valence-corrected chi connectivity index (χ0v) is 22.4. The van der Waals surface area contributed by atoms with E-state index in [0.29, 0.717) is 23.0 Å². The van der Waals surface area contributed by atoms with Crippen LogP contribution in [0.3, 0.4) is 0 Å². The molecule has 0 saturated carbocycles. The average Bonchev–Trinajstić information content (AvgIpc) is 3.53. The molecule has 0 radical (unpaired) electrons. The fourth-order valence-electron chi connectivity index (χ4n) is 4.83. The molecule has 5 aromatic rings. The SMILES string of the molecule is COc1ccc(C(C)=NOCc2nc3c4c5c(sc4ncn3n2)CN(Cc2ccccc2)CC5)cc1OC. The van der Waals surface area contributed by atoms with E-state index in [9.17, 15) is 0 Å². The maximum absolute atomic E-state index is 5.63. The molecule has 10 heteroatoms. The van der Waals surface area contributed by atoms with Crippen molar-refractivity contribution in [2.75, 3.05) is 20.8 Å². The van der Waals surface area contributed by atoms with Gasteiger partial charge in [-0.1, -0.05) is 35.5 Å². The Morgan fingerprint density at radius 2 is 1.92 bits per heavy atom. The minimum Gasteiger partial charge on any atom is -0.493 e. The van der Waals surface area contributed by atoms with E-state index in [1.54, 1.807) is 36.4 Å². The summed E-state index contributed by atoms with van der Waals surface area (Å²) in [6.45, 7) is 4.91. The molecule has 6 rings (SSSR count). The molecule has 0 unspecified atom stereocenters. The van der Waals surface area contributed by atoms with Crippen molar-refractivity contribution >= 4 is 32.9 Å². The number of hydrogen-bond acceptors (Lipinski definition) is 9. The summed E-state index contributed by atoms with van der Waals surface area (Å²) in [4.78, 5) is 20.0. The number of nitrogens with zero attached hydrogens (tertiary/aromatic N) is 6. The first kappa shape index (κ1) is 24.3. The van der Waals surface area contributed by atoms with Crippen LogP contribution in [0.25, 0.3) is 15.9 Å². The van der Waals surface area contributed by atoms with Gasteiger partial charge in [-0.2, -0.15) is 0 Å². The van der Waals surface area contributed by atoms with E-state index in [2.05, 4.69) is 50.5 Å². The van der Waals surface area contributed by atoms with Crippen LogP contribution < -0.4 is 9.47 Å².